The highest BCUT2D eigenvalue weighted by Gasteiger charge is 2.31. The molecule has 0 unspecified atom stereocenters. The molecule has 0 saturated heterocycles. The summed E-state index contributed by atoms with van der Waals surface area (Å²) in [6.07, 6.45) is 2.43. The van der Waals surface area contributed by atoms with E-state index in [0.717, 1.165) is 17.8 Å². The van der Waals surface area contributed by atoms with Gasteiger partial charge in [-0.25, -0.2) is 0 Å². The smallest absolute Gasteiger partial charge is 0.107 e. The number of nitrogens with two attached hydrogens (primary N) is 1. The molecule has 1 aromatic heterocycles. The summed E-state index contributed by atoms with van der Waals surface area (Å²) in [5.41, 5.74) is 7.73. The fraction of sp³-hybridized carbons (Fsp3) is 0.267. The highest BCUT2D eigenvalue weighted by Crippen LogP contribution is 2.37. The standard InChI is InChI=1S/C15H15ClN2S2/c16-12-4-1-5-13(14(12)15(17)19)18(10-6-7-10)9-11-3-2-8-20-11/h1-5,8,10H,6-7,9H2,(H2,17,19). The third-order valence-corrected chi connectivity index (χ3v) is 4.82. The predicted octanol–water partition coefficient (Wildman–Crippen LogP) is 4.20. The highest BCUT2D eigenvalue weighted by molar-refractivity contribution is 7.80. The Morgan fingerprint density at radius 2 is 2.15 bits per heavy atom. The molecule has 0 aliphatic heterocycles. The van der Waals surface area contributed by atoms with E-state index in [1.165, 1.54) is 17.7 Å². The van der Waals surface area contributed by atoms with E-state index in [1.54, 1.807) is 11.3 Å². The van der Waals surface area contributed by atoms with Crippen molar-refractivity contribution in [2.24, 2.45) is 5.73 Å². The van der Waals surface area contributed by atoms with Crippen LogP contribution in [-0.4, -0.2) is 11.0 Å². The van der Waals surface area contributed by atoms with E-state index in [-0.39, 0.29) is 0 Å². The van der Waals surface area contributed by atoms with Crippen molar-refractivity contribution in [3.63, 3.8) is 0 Å². The number of hydrogen-bond donors (Lipinski definition) is 1. The molecule has 1 fully saturated rings. The Morgan fingerprint density at radius 3 is 2.75 bits per heavy atom. The molecule has 0 bridgehead atoms. The van der Waals surface area contributed by atoms with Crippen LogP contribution in [0.2, 0.25) is 5.02 Å². The van der Waals surface area contributed by atoms with Gasteiger partial charge in [0.25, 0.3) is 0 Å². The fourth-order valence-corrected chi connectivity index (χ4v) is 3.61. The van der Waals surface area contributed by atoms with Crippen LogP contribution >= 0.6 is 35.2 Å². The normalized spacial score (nSPS) is 14.2. The minimum Gasteiger partial charge on any atom is -0.389 e. The van der Waals surface area contributed by atoms with Gasteiger partial charge in [0.2, 0.25) is 0 Å². The van der Waals surface area contributed by atoms with Gasteiger partial charge in [-0.15, -0.1) is 11.3 Å². The minimum atomic E-state index is 0.363. The lowest BCUT2D eigenvalue weighted by molar-refractivity contribution is 0.803. The summed E-state index contributed by atoms with van der Waals surface area (Å²) in [6, 6.07) is 10.7. The zero-order chi connectivity index (χ0) is 14.1. The first kappa shape index (κ1) is 13.9. The molecule has 0 atom stereocenters. The van der Waals surface area contributed by atoms with Crippen LogP contribution in [0.5, 0.6) is 0 Å². The van der Waals surface area contributed by atoms with Crippen molar-refractivity contribution in [2.45, 2.75) is 25.4 Å². The van der Waals surface area contributed by atoms with Gasteiger partial charge in [0.05, 0.1) is 17.1 Å². The van der Waals surface area contributed by atoms with Crippen LogP contribution < -0.4 is 10.6 Å². The van der Waals surface area contributed by atoms with Crippen LogP contribution in [-0.2, 0) is 6.54 Å². The maximum Gasteiger partial charge on any atom is 0.107 e. The first-order chi connectivity index (χ1) is 9.66. The molecule has 1 aliphatic rings. The molecule has 104 valence electrons. The maximum atomic E-state index is 6.28. The van der Waals surface area contributed by atoms with Crippen LogP contribution in [0.25, 0.3) is 0 Å². The van der Waals surface area contributed by atoms with E-state index in [2.05, 4.69) is 28.5 Å². The summed E-state index contributed by atoms with van der Waals surface area (Å²) in [5.74, 6) is 0. The third-order valence-electron chi connectivity index (χ3n) is 3.44. The second-order valence-corrected chi connectivity index (χ2v) is 6.82. The molecule has 2 N–H and O–H groups in total. The van der Waals surface area contributed by atoms with Gasteiger partial charge >= 0.3 is 0 Å². The van der Waals surface area contributed by atoms with E-state index in [9.17, 15) is 0 Å². The van der Waals surface area contributed by atoms with E-state index in [1.807, 2.05) is 12.1 Å². The summed E-state index contributed by atoms with van der Waals surface area (Å²) in [7, 11) is 0. The molecule has 20 heavy (non-hydrogen) atoms. The number of rotatable bonds is 5. The Kier molecular flexibility index (Phi) is 3.96. The largest absolute Gasteiger partial charge is 0.389 e. The molecule has 0 spiro atoms. The van der Waals surface area contributed by atoms with Crippen LogP contribution in [0, 0.1) is 0 Å². The Hall–Kier alpha value is -1.10. The van der Waals surface area contributed by atoms with E-state index < -0.39 is 0 Å². The molecule has 1 aromatic carbocycles. The molecule has 2 nitrogen and oxygen atoms in total. The Balaban J connectivity index is 1.99. The van der Waals surface area contributed by atoms with Crippen molar-refractivity contribution in [3.05, 3.63) is 51.2 Å². The SMILES string of the molecule is NC(=S)c1c(Cl)cccc1N(Cc1cccs1)C1CC1. The number of thiocarbonyl (C=S) groups is 1. The van der Waals surface area contributed by atoms with Gasteiger partial charge in [-0.1, -0.05) is 36.0 Å². The van der Waals surface area contributed by atoms with E-state index >= 15 is 0 Å². The first-order valence-corrected chi connectivity index (χ1v) is 8.20. The average molecular weight is 323 g/mol. The topological polar surface area (TPSA) is 29.3 Å². The van der Waals surface area contributed by atoms with E-state index in [4.69, 9.17) is 29.6 Å². The number of anilines is 1. The fourth-order valence-electron chi connectivity index (χ4n) is 2.36. The lowest BCUT2D eigenvalue weighted by Crippen LogP contribution is -2.27. The molecule has 0 radical (unpaired) electrons. The highest BCUT2D eigenvalue weighted by atomic mass is 35.5. The monoisotopic (exact) mass is 322 g/mol. The molecule has 1 aliphatic carbocycles. The van der Waals surface area contributed by atoms with Gasteiger partial charge in [0.15, 0.2) is 0 Å². The van der Waals surface area contributed by atoms with Gasteiger partial charge in [0, 0.05) is 16.6 Å². The summed E-state index contributed by atoms with van der Waals surface area (Å²) in [4.78, 5) is 4.08. The van der Waals surface area contributed by atoms with Crippen LogP contribution in [0.3, 0.4) is 0 Å². The average Bonchev–Trinajstić information content (AvgIpc) is 3.12. The summed E-state index contributed by atoms with van der Waals surface area (Å²) >= 11 is 13.2. The van der Waals surface area contributed by atoms with Crippen molar-refractivity contribution in [3.8, 4) is 0 Å². The van der Waals surface area contributed by atoms with Crippen molar-refractivity contribution < 1.29 is 0 Å². The third kappa shape index (κ3) is 2.82. The molecule has 2 aromatic rings. The zero-order valence-corrected chi connectivity index (χ0v) is 13.3. The van der Waals surface area contributed by atoms with Gasteiger partial charge in [-0.3, -0.25) is 0 Å². The number of benzene rings is 1. The van der Waals surface area contributed by atoms with Crippen molar-refractivity contribution in [1.29, 1.82) is 0 Å². The van der Waals surface area contributed by atoms with Crippen LogP contribution in [0.4, 0.5) is 5.69 Å². The lowest BCUT2D eigenvalue weighted by Gasteiger charge is -2.27. The molecular weight excluding hydrogens is 308 g/mol. The molecular formula is C15H15ClN2S2. The van der Waals surface area contributed by atoms with E-state index in [0.29, 0.717) is 16.1 Å². The van der Waals surface area contributed by atoms with Crippen molar-refractivity contribution in [2.75, 3.05) is 4.90 Å². The maximum absolute atomic E-state index is 6.28. The first-order valence-electron chi connectivity index (χ1n) is 6.54. The van der Waals surface area contributed by atoms with Gasteiger partial charge in [0.1, 0.15) is 4.99 Å². The van der Waals surface area contributed by atoms with Crippen LogP contribution in [0.1, 0.15) is 23.3 Å². The summed E-state index contributed by atoms with van der Waals surface area (Å²) < 4.78 is 0. The molecule has 1 saturated carbocycles. The zero-order valence-electron chi connectivity index (χ0n) is 10.9. The summed E-state index contributed by atoms with van der Waals surface area (Å²) in [6.45, 7) is 0.887. The molecule has 1 heterocycles. The molecule has 3 rings (SSSR count). The minimum absolute atomic E-state index is 0.363. The Bertz CT molecular complexity index is 621. The summed E-state index contributed by atoms with van der Waals surface area (Å²) in [5, 5.41) is 2.74. The Morgan fingerprint density at radius 1 is 1.35 bits per heavy atom. The number of nitrogens with zero attached hydrogens (tertiary/aromatic N) is 1. The molecule has 0 amide bonds. The Labute approximate surface area is 133 Å². The second-order valence-electron chi connectivity index (χ2n) is 4.94. The number of halogens is 1. The quantitative estimate of drug-likeness (QED) is 0.836. The van der Waals surface area contributed by atoms with Gasteiger partial charge in [-0.2, -0.15) is 0 Å². The van der Waals surface area contributed by atoms with Gasteiger partial charge < -0.3 is 10.6 Å². The van der Waals surface area contributed by atoms with Crippen molar-refractivity contribution in [1.82, 2.24) is 0 Å². The van der Waals surface area contributed by atoms with Crippen molar-refractivity contribution >= 4 is 45.8 Å². The van der Waals surface area contributed by atoms with Crippen LogP contribution in [0.15, 0.2) is 35.7 Å². The predicted molar refractivity (Wildman–Crippen MR) is 90.9 cm³/mol. The van der Waals surface area contributed by atoms with Gasteiger partial charge in [-0.05, 0) is 36.4 Å². The number of thiophene rings is 1. The second kappa shape index (κ2) is 5.72. The lowest BCUT2D eigenvalue weighted by atomic mass is 10.1. The molecule has 5 heteroatoms. The number of hydrogen-bond acceptors (Lipinski definition) is 3.